The van der Waals surface area contributed by atoms with Crippen LogP contribution in [0.15, 0.2) is 36.4 Å². The standard InChI is InChI=1S/C22H24F7N3O6S2/c1-20(2,3)37-19-11-16(38-40(35,36)22(27,28)29)10-18(30-19)32-9-8-31(12-17(32)21(24,25)26)39(33,34)13-14-4-6-15(23)7-5-14/h4-7,10-11,17H,8-9,12-13H2,1-3H3. The third kappa shape index (κ3) is 7.87. The van der Waals surface area contributed by atoms with Gasteiger partial charge in [0.05, 0.1) is 5.75 Å². The minimum Gasteiger partial charge on any atom is -0.472 e. The molecule has 2 heterocycles. The molecule has 0 bridgehead atoms. The van der Waals surface area contributed by atoms with Crippen LogP contribution in [0.25, 0.3) is 0 Å². The largest absolute Gasteiger partial charge is 0.534 e. The van der Waals surface area contributed by atoms with Crippen LogP contribution in [0, 0.1) is 5.82 Å². The van der Waals surface area contributed by atoms with Crippen molar-refractivity contribution in [2.45, 2.75) is 49.9 Å². The molecule has 1 atom stereocenters. The first kappa shape index (κ1) is 31.7. The van der Waals surface area contributed by atoms with Crippen LogP contribution in [-0.4, -0.2) is 69.1 Å². The highest BCUT2D eigenvalue weighted by Crippen LogP contribution is 2.36. The lowest BCUT2D eigenvalue weighted by Gasteiger charge is -2.42. The van der Waals surface area contributed by atoms with E-state index in [4.69, 9.17) is 4.74 Å². The van der Waals surface area contributed by atoms with E-state index in [2.05, 4.69) is 9.17 Å². The van der Waals surface area contributed by atoms with Gasteiger partial charge >= 0.3 is 21.8 Å². The molecule has 1 fully saturated rings. The Morgan fingerprint density at radius 1 is 0.950 bits per heavy atom. The van der Waals surface area contributed by atoms with E-state index >= 15 is 0 Å². The number of anilines is 1. The van der Waals surface area contributed by atoms with Gasteiger partial charge in [-0.1, -0.05) is 12.1 Å². The second-order valence-electron chi connectivity index (χ2n) is 9.69. The Labute approximate surface area is 225 Å². The molecule has 0 saturated carbocycles. The summed E-state index contributed by atoms with van der Waals surface area (Å²) in [5, 5.41) is 0. The number of hydrogen-bond donors (Lipinski definition) is 0. The second-order valence-corrected chi connectivity index (χ2v) is 13.2. The molecule has 1 aromatic carbocycles. The molecule has 1 aliphatic heterocycles. The van der Waals surface area contributed by atoms with Gasteiger partial charge in [-0.2, -0.15) is 44.0 Å². The number of sulfonamides is 1. The summed E-state index contributed by atoms with van der Waals surface area (Å²) in [7, 11) is -10.5. The predicted octanol–water partition coefficient (Wildman–Crippen LogP) is 4.21. The SMILES string of the molecule is CC(C)(C)Oc1cc(OS(=O)(=O)C(F)(F)F)cc(N2CCN(S(=O)(=O)Cc3ccc(F)cc3)CC2C(F)(F)F)n1. The topological polar surface area (TPSA) is 106 Å². The van der Waals surface area contributed by atoms with E-state index in [-0.39, 0.29) is 5.56 Å². The van der Waals surface area contributed by atoms with E-state index in [1.165, 1.54) is 32.9 Å². The van der Waals surface area contributed by atoms with E-state index in [0.29, 0.717) is 21.3 Å². The zero-order valence-corrected chi connectivity index (χ0v) is 22.8. The summed E-state index contributed by atoms with van der Waals surface area (Å²) in [5.41, 5.74) is -6.75. The summed E-state index contributed by atoms with van der Waals surface area (Å²) in [4.78, 5) is 4.48. The summed E-state index contributed by atoms with van der Waals surface area (Å²) in [6, 6.07) is 3.03. The minimum atomic E-state index is -6.20. The highest BCUT2D eigenvalue weighted by Gasteiger charge is 2.50. The Bertz CT molecular complexity index is 1420. The molecule has 0 radical (unpaired) electrons. The van der Waals surface area contributed by atoms with Crippen LogP contribution in [0.5, 0.6) is 11.6 Å². The minimum absolute atomic E-state index is 0.133. The van der Waals surface area contributed by atoms with Gasteiger partial charge in [0.2, 0.25) is 15.9 Å². The fourth-order valence-corrected chi connectivity index (χ4v) is 5.62. The zero-order valence-electron chi connectivity index (χ0n) is 21.1. The number of ether oxygens (including phenoxy) is 1. The predicted molar refractivity (Wildman–Crippen MR) is 128 cm³/mol. The molecule has 1 aliphatic rings. The first-order valence-corrected chi connectivity index (χ1v) is 14.4. The Morgan fingerprint density at radius 2 is 1.55 bits per heavy atom. The molecule has 2 aromatic rings. The number of alkyl halides is 6. The normalized spacial score (nSPS) is 18.1. The Balaban J connectivity index is 1.99. The smallest absolute Gasteiger partial charge is 0.472 e. The maximum absolute atomic E-state index is 14.2. The van der Waals surface area contributed by atoms with Crippen molar-refractivity contribution >= 4 is 26.0 Å². The summed E-state index contributed by atoms with van der Waals surface area (Å²) >= 11 is 0. The molecule has 0 aliphatic carbocycles. The Kier molecular flexibility index (Phi) is 8.59. The van der Waals surface area contributed by atoms with E-state index in [9.17, 15) is 47.6 Å². The third-order valence-corrected chi connectivity index (χ3v) is 8.13. The molecule has 0 amide bonds. The Hall–Kier alpha value is -2.86. The van der Waals surface area contributed by atoms with Crippen LogP contribution >= 0.6 is 0 Å². The number of piperazine rings is 1. The first-order chi connectivity index (χ1) is 18.1. The number of rotatable bonds is 7. The third-order valence-electron chi connectivity index (χ3n) is 5.33. The molecule has 9 nitrogen and oxygen atoms in total. The maximum Gasteiger partial charge on any atom is 0.534 e. The number of nitrogens with zero attached hydrogens (tertiary/aromatic N) is 3. The monoisotopic (exact) mass is 623 g/mol. The highest BCUT2D eigenvalue weighted by molar-refractivity contribution is 7.88. The molecule has 3 rings (SSSR count). The Morgan fingerprint density at radius 3 is 2.08 bits per heavy atom. The number of pyridine rings is 1. The van der Waals surface area contributed by atoms with Gasteiger partial charge in [-0.3, -0.25) is 0 Å². The summed E-state index contributed by atoms with van der Waals surface area (Å²) in [6.45, 7) is 2.26. The van der Waals surface area contributed by atoms with Crippen molar-refractivity contribution in [1.29, 1.82) is 0 Å². The van der Waals surface area contributed by atoms with E-state index in [0.717, 1.165) is 12.1 Å². The lowest BCUT2D eigenvalue weighted by Crippen LogP contribution is -2.60. The average molecular weight is 624 g/mol. The van der Waals surface area contributed by atoms with E-state index < -0.39 is 92.1 Å². The molecule has 1 aromatic heterocycles. The van der Waals surface area contributed by atoms with Crippen molar-refractivity contribution in [2.24, 2.45) is 0 Å². The lowest BCUT2D eigenvalue weighted by atomic mass is 10.1. The van der Waals surface area contributed by atoms with E-state index in [1.807, 2.05) is 0 Å². The van der Waals surface area contributed by atoms with Crippen LogP contribution in [0.1, 0.15) is 26.3 Å². The van der Waals surface area contributed by atoms with Crippen molar-refractivity contribution in [3.05, 3.63) is 47.8 Å². The molecule has 1 unspecified atom stereocenters. The summed E-state index contributed by atoms with van der Waals surface area (Å²) in [5.74, 6) is -3.56. The number of benzene rings is 1. The van der Waals surface area contributed by atoms with Crippen molar-refractivity contribution in [1.82, 2.24) is 9.29 Å². The van der Waals surface area contributed by atoms with Gasteiger partial charge in [-0.05, 0) is 38.5 Å². The summed E-state index contributed by atoms with van der Waals surface area (Å²) < 4.78 is 153. The van der Waals surface area contributed by atoms with Gasteiger partial charge < -0.3 is 13.8 Å². The van der Waals surface area contributed by atoms with Crippen molar-refractivity contribution < 1.29 is 56.5 Å². The van der Waals surface area contributed by atoms with Gasteiger partial charge in [0, 0.05) is 31.8 Å². The first-order valence-electron chi connectivity index (χ1n) is 11.3. The molecule has 0 N–H and O–H groups in total. The van der Waals surface area contributed by atoms with Crippen LogP contribution in [0.3, 0.4) is 0 Å². The van der Waals surface area contributed by atoms with Crippen LogP contribution < -0.4 is 13.8 Å². The van der Waals surface area contributed by atoms with Crippen molar-refractivity contribution in [3.8, 4) is 11.6 Å². The highest BCUT2D eigenvalue weighted by atomic mass is 32.2. The number of halogens is 7. The van der Waals surface area contributed by atoms with Gasteiger partial charge in [-0.15, -0.1) is 0 Å². The van der Waals surface area contributed by atoms with Crippen LogP contribution in [0.2, 0.25) is 0 Å². The van der Waals surface area contributed by atoms with Gasteiger partial charge in [0.15, 0.2) is 5.75 Å². The summed E-state index contributed by atoms with van der Waals surface area (Å²) in [6.07, 6.45) is -5.06. The molecule has 18 heteroatoms. The molecular weight excluding hydrogens is 599 g/mol. The van der Waals surface area contributed by atoms with Gasteiger partial charge in [0.1, 0.15) is 23.3 Å². The number of aromatic nitrogens is 1. The van der Waals surface area contributed by atoms with Gasteiger partial charge in [0.25, 0.3) is 0 Å². The number of hydrogen-bond acceptors (Lipinski definition) is 8. The molecule has 224 valence electrons. The lowest BCUT2D eigenvalue weighted by molar-refractivity contribution is -0.153. The molecule has 0 spiro atoms. The fraction of sp³-hybridized carbons (Fsp3) is 0.500. The zero-order chi connectivity index (χ0) is 30.3. The molecule has 40 heavy (non-hydrogen) atoms. The van der Waals surface area contributed by atoms with Gasteiger partial charge in [-0.25, -0.2) is 12.8 Å². The quantitative estimate of drug-likeness (QED) is 0.257. The van der Waals surface area contributed by atoms with Crippen molar-refractivity contribution in [3.63, 3.8) is 0 Å². The molecule has 1 saturated heterocycles. The van der Waals surface area contributed by atoms with Crippen LogP contribution in [-0.2, 0) is 25.9 Å². The second kappa shape index (κ2) is 10.8. The molecular formula is C22H24F7N3O6S2. The maximum atomic E-state index is 14.2. The van der Waals surface area contributed by atoms with E-state index in [1.54, 1.807) is 0 Å². The van der Waals surface area contributed by atoms with Crippen LogP contribution in [0.4, 0.5) is 36.6 Å². The fourth-order valence-electron chi connectivity index (χ4n) is 3.65. The van der Waals surface area contributed by atoms with Crippen molar-refractivity contribution in [2.75, 3.05) is 24.5 Å². The average Bonchev–Trinajstić information content (AvgIpc) is 2.77.